The van der Waals surface area contributed by atoms with Crippen LogP contribution in [-0.4, -0.2) is 125 Å². The van der Waals surface area contributed by atoms with Gasteiger partial charge in [0.2, 0.25) is 0 Å². The molecular weight excluding hydrogens is 1220 g/mol. The lowest BCUT2D eigenvalue weighted by Crippen LogP contribution is -2.37. The van der Waals surface area contributed by atoms with Crippen LogP contribution in [0.1, 0.15) is 101 Å². The van der Waals surface area contributed by atoms with E-state index in [-0.39, 0.29) is 42.2 Å². The number of rotatable bonds is 21. The van der Waals surface area contributed by atoms with Crippen molar-refractivity contribution in [3.63, 3.8) is 0 Å². The topological polar surface area (TPSA) is 121 Å². The summed E-state index contributed by atoms with van der Waals surface area (Å²) in [5, 5.41) is 42.6. The second-order valence-electron chi connectivity index (χ2n) is 26.8. The summed E-state index contributed by atoms with van der Waals surface area (Å²) in [6.07, 6.45) is 26.8. The molecule has 13 rings (SSSR count). The number of nitrogens with zero attached hydrogens (tertiary/aromatic N) is 7. The fourth-order valence-corrected chi connectivity index (χ4v) is 14.8. The van der Waals surface area contributed by atoms with Crippen molar-refractivity contribution in [1.82, 2.24) is 24.7 Å². The number of benzene rings is 5. The Morgan fingerprint density at radius 1 is 0.574 bits per heavy atom. The minimum Gasteiger partial charge on any atom is -0.380 e. The van der Waals surface area contributed by atoms with E-state index in [1.807, 2.05) is 157 Å². The van der Waals surface area contributed by atoms with Gasteiger partial charge in [-0.15, -0.1) is 0 Å². The number of dihydropyridines is 2. The Labute approximate surface area is 560 Å². The van der Waals surface area contributed by atoms with Gasteiger partial charge in [0.15, 0.2) is 0 Å². The van der Waals surface area contributed by atoms with Crippen LogP contribution < -0.4 is 0 Å². The van der Waals surface area contributed by atoms with E-state index < -0.39 is 34.5 Å². The fourth-order valence-electron chi connectivity index (χ4n) is 14.3. The number of aliphatic imine (C=N–C) groups is 2. The zero-order valence-electron chi connectivity index (χ0n) is 54.0. The number of aromatic nitrogens is 2. The molecule has 10 nitrogen and oxygen atoms in total. The van der Waals surface area contributed by atoms with Crippen LogP contribution in [-0.2, 0) is 16.8 Å². The maximum Gasteiger partial charge on any atom is 0.133 e. The highest BCUT2D eigenvalue weighted by atomic mass is 35.5. The van der Waals surface area contributed by atoms with Gasteiger partial charge in [0.05, 0.1) is 23.3 Å². The normalized spacial score (nSPS) is 21.4. The lowest BCUT2D eigenvalue weighted by atomic mass is 9.71. The first kappa shape index (κ1) is 64.8. The van der Waals surface area contributed by atoms with E-state index in [9.17, 15) is 15.3 Å². The summed E-state index contributed by atoms with van der Waals surface area (Å²) >= 11 is 14.1. The molecule has 480 valence electrons. The average Bonchev–Trinajstić information content (AvgIpc) is 0.947. The van der Waals surface area contributed by atoms with Crippen molar-refractivity contribution in [2.24, 2.45) is 15.9 Å². The van der Waals surface area contributed by atoms with Gasteiger partial charge in [0.25, 0.3) is 0 Å². The monoisotopic (exact) mass is 1290 g/mol. The van der Waals surface area contributed by atoms with Crippen LogP contribution in [0.4, 0.5) is 8.78 Å². The van der Waals surface area contributed by atoms with Gasteiger partial charge in [-0.05, 0) is 209 Å². The molecule has 1 fully saturated rings. The Morgan fingerprint density at radius 2 is 1.20 bits per heavy atom. The lowest BCUT2D eigenvalue weighted by Gasteiger charge is -2.39. The van der Waals surface area contributed by atoms with Gasteiger partial charge in [-0.3, -0.25) is 15.0 Å². The van der Waals surface area contributed by atoms with Crippen molar-refractivity contribution in [2.45, 2.75) is 85.7 Å². The molecule has 2 aliphatic heterocycles. The summed E-state index contributed by atoms with van der Waals surface area (Å²) in [6, 6.07) is 40.7. The zero-order valence-corrected chi connectivity index (χ0v) is 55.5. The zero-order chi connectivity index (χ0) is 65.6. The first-order chi connectivity index (χ1) is 45.3. The van der Waals surface area contributed by atoms with E-state index in [4.69, 9.17) is 43.2 Å². The molecule has 3 N–H and O–H groups in total. The summed E-state index contributed by atoms with van der Waals surface area (Å²) in [7, 11) is 11.8. The van der Waals surface area contributed by atoms with E-state index in [2.05, 4.69) is 82.7 Å². The third-order valence-corrected chi connectivity index (χ3v) is 20.0. The molecule has 0 spiro atoms. The van der Waals surface area contributed by atoms with Crippen molar-refractivity contribution in [3.8, 4) is 11.1 Å². The van der Waals surface area contributed by atoms with E-state index >= 15 is 8.78 Å². The van der Waals surface area contributed by atoms with Crippen LogP contribution in [0.25, 0.3) is 33.2 Å². The van der Waals surface area contributed by atoms with Gasteiger partial charge in [-0.25, -0.2) is 13.8 Å². The molecule has 1 saturated carbocycles. The molecule has 0 radical (unpaired) electrons. The Morgan fingerprint density at radius 3 is 1.84 bits per heavy atom. The minimum absolute atomic E-state index is 0.0470. The minimum atomic E-state index is -1.81. The molecule has 4 aliphatic carbocycles. The van der Waals surface area contributed by atoms with Gasteiger partial charge in [-0.2, -0.15) is 0 Å². The molecule has 94 heavy (non-hydrogen) atoms. The van der Waals surface area contributed by atoms with E-state index in [1.165, 1.54) is 12.1 Å². The Bertz CT molecular complexity index is 4370. The fraction of sp³-hybridized carbons (Fsp3) is 0.300. The molecule has 7 atom stereocenters. The molecule has 4 heterocycles. The Balaban J connectivity index is 0.953. The van der Waals surface area contributed by atoms with Crippen LogP contribution in [0.15, 0.2) is 233 Å². The average molecular weight is 1300 g/mol. The largest absolute Gasteiger partial charge is 0.380 e. The van der Waals surface area contributed by atoms with Gasteiger partial charge in [0, 0.05) is 77.5 Å². The number of fused-ring (bicyclic) bond motifs is 3. The van der Waals surface area contributed by atoms with Crippen LogP contribution >= 0.6 is 23.2 Å². The van der Waals surface area contributed by atoms with Crippen molar-refractivity contribution >= 4 is 56.1 Å². The molecule has 2 aromatic heterocycles. The van der Waals surface area contributed by atoms with Crippen molar-refractivity contribution < 1.29 is 24.1 Å². The second-order valence-corrected chi connectivity index (χ2v) is 27.6. The summed E-state index contributed by atoms with van der Waals surface area (Å²) < 4.78 is 30.7. The smallest absolute Gasteiger partial charge is 0.133 e. The number of halogens is 4. The molecule has 14 heteroatoms. The van der Waals surface area contributed by atoms with E-state index in [0.717, 1.165) is 97.7 Å². The maximum atomic E-state index is 15.3. The number of hydrogen-bond donors (Lipinski definition) is 3. The van der Waals surface area contributed by atoms with Gasteiger partial charge < -0.3 is 30.0 Å². The predicted octanol–water partition coefficient (Wildman–Crippen LogP) is 15.6. The predicted molar refractivity (Wildman–Crippen MR) is 378 cm³/mol. The number of hydrogen-bond acceptors (Lipinski definition) is 10. The summed E-state index contributed by atoms with van der Waals surface area (Å²) in [5.74, 6) is -1.73. The Hall–Kier alpha value is -7.88. The van der Waals surface area contributed by atoms with Crippen molar-refractivity contribution in [3.05, 3.63) is 284 Å². The van der Waals surface area contributed by atoms with Crippen LogP contribution in [0, 0.1) is 17.6 Å². The van der Waals surface area contributed by atoms with E-state index in [1.54, 1.807) is 0 Å². The highest BCUT2D eigenvalue weighted by Crippen LogP contribution is 2.51. The second kappa shape index (κ2) is 26.7. The number of allylic oxidation sites excluding steroid dienone is 6. The summed E-state index contributed by atoms with van der Waals surface area (Å²) in [5.41, 5.74) is 8.41. The van der Waals surface area contributed by atoms with Crippen molar-refractivity contribution in [1.29, 1.82) is 0 Å². The SMILES string of the molecule is CN(C)CCC(O)(C1=C2C=C(c3ccccc3)C(Cl)=NC2CC=C1)c1cccc(-c2cc(C(O)(CCN(C)C)c3ccc(C4C=CC(C(O)(CCN(C)C)c5cc(F)cc(F)c5)=C5C=C(c6ccccc6)C(C6CC6)=NC54)cn3)cc3c(C4C=CC=CC4)cc(Cl)nc23)c1. The van der Waals surface area contributed by atoms with Crippen molar-refractivity contribution in [2.75, 3.05) is 61.9 Å². The van der Waals surface area contributed by atoms with Crippen LogP contribution in [0.3, 0.4) is 0 Å². The number of pyridine rings is 2. The van der Waals surface area contributed by atoms with Crippen LogP contribution in [0.5, 0.6) is 0 Å². The first-order valence-corrected chi connectivity index (χ1v) is 33.4. The Kier molecular flexibility index (Phi) is 18.4. The molecule has 0 amide bonds. The van der Waals surface area contributed by atoms with Gasteiger partial charge in [0.1, 0.15) is 38.8 Å². The van der Waals surface area contributed by atoms with Gasteiger partial charge in [-0.1, -0.05) is 157 Å². The molecular formula is C80H79Cl2F2N7O3. The third-order valence-electron chi connectivity index (χ3n) is 19.5. The molecule has 0 saturated heterocycles. The first-order valence-electron chi connectivity index (χ1n) is 32.6. The quantitative estimate of drug-likeness (QED) is 0.0609. The van der Waals surface area contributed by atoms with E-state index in [0.29, 0.717) is 70.7 Å². The third kappa shape index (κ3) is 12.9. The summed E-state index contributed by atoms with van der Waals surface area (Å²) in [6.45, 7) is 1.49. The molecule has 0 bridgehead atoms. The molecule has 7 unspecified atom stereocenters. The standard InChI is InChI=1S/C80H79Cl2F2N7O3/c1-89(2)37-34-78(92,69-26-17-27-71-67(69)47-65(77(82)86-71)52-22-14-9-15-23-52)56-25-16-24-54(40-56)63-43-58(44-66-62(48-73(81)87-76(63)66)50-18-10-7-11-19-50)80(94,36-39-91(5)6)72-33-30-55(49-85-72)61-31-32-70(79(93,35-38-90(3)4)57-41-59(83)45-60(84)42-57)68-46-64(51-20-12-8-13-21-51)74(53-28-29-53)88-75(61)68/h7-18,20-26,30-33,40-50,53,61,71,75,92-94H,19,27-29,34-39H2,1-6H3. The maximum absolute atomic E-state index is 15.3. The molecule has 5 aromatic carbocycles. The summed E-state index contributed by atoms with van der Waals surface area (Å²) in [4.78, 5) is 27.2. The molecule has 6 aliphatic rings. The van der Waals surface area contributed by atoms with Crippen LogP contribution in [0.2, 0.25) is 5.15 Å². The highest BCUT2D eigenvalue weighted by Gasteiger charge is 2.45. The number of aliphatic hydroxyl groups is 3. The van der Waals surface area contributed by atoms with Gasteiger partial charge >= 0.3 is 0 Å². The highest BCUT2D eigenvalue weighted by molar-refractivity contribution is 6.76. The molecule has 7 aromatic rings. The lowest BCUT2D eigenvalue weighted by molar-refractivity contribution is 0.0585.